The highest BCUT2D eigenvalue weighted by atomic mass is 35.5. The first-order valence-electron chi connectivity index (χ1n) is 6.77. The van der Waals surface area contributed by atoms with Crippen molar-refractivity contribution in [1.29, 1.82) is 0 Å². The molecule has 2 unspecified atom stereocenters. The normalized spacial score (nSPS) is 20.9. The molecule has 1 N–H and O–H groups in total. The smallest absolute Gasteiger partial charge is 0.326 e. The maximum absolute atomic E-state index is 12.6. The number of nitrogens with zero attached hydrogens (tertiary/aromatic N) is 2. The molecule has 1 fully saturated rings. The highest BCUT2D eigenvalue weighted by Gasteiger charge is 2.40. The summed E-state index contributed by atoms with van der Waals surface area (Å²) in [5.41, 5.74) is 0.248. The number of amides is 1. The van der Waals surface area contributed by atoms with Crippen LogP contribution >= 0.6 is 34.3 Å². The van der Waals surface area contributed by atoms with E-state index < -0.39 is 12.0 Å². The number of thiazole rings is 1. The Balaban J connectivity index is 1.82. The number of hydrogen-bond acceptors (Lipinski definition) is 6. The van der Waals surface area contributed by atoms with Crippen LogP contribution in [0.2, 0.25) is 4.34 Å². The van der Waals surface area contributed by atoms with Gasteiger partial charge < -0.3 is 14.7 Å². The van der Waals surface area contributed by atoms with Gasteiger partial charge in [-0.1, -0.05) is 11.6 Å². The molecule has 2 atom stereocenters. The number of carbonyl (C=O) groups excluding carboxylic acids is 1. The van der Waals surface area contributed by atoms with Crippen LogP contribution in [-0.4, -0.2) is 52.7 Å². The molecule has 3 heterocycles. The van der Waals surface area contributed by atoms with Crippen LogP contribution in [0.5, 0.6) is 0 Å². The minimum Gasteiger partial charge on any atom is -0.480 e. The van der Waals surface area contributed by atoms with Crippen LogP contribution in [0.1, 0.15) is 16.9 Å². The fourth-order valence-corrected chi connectivity index (χ4v) is 4.40. The summed E-state index contributed by atoms with van der Waals surface area (Å²) in [6, 6.07) is 2.74. The molecule has 122 valence electrons. The lowest BCUT2D eigenvalue weighted by Crippen LogP contribution is -2.40. The number of aromatic nitrogens is 1. The van der Waals surface area contributed by atoms with E-state index in [4.69, 9.17) is 16.3 Å². The molecule has 0 bridgehead atoms. The number of carboxylic acids is 1. The molecule has 0 aromatic carbocycles. The van der Waals surface area contributed by atoms with Gasteiger partial charge in [0.25, 0.3) is 5.91 Å². The van der Waals surface area contributed by atoms with E-state index in [9.17, 15) is 14.7 Å². The first-order chi connectivity index (χ1) is 11.0. The van der Waals surface area contributed by atoms with E-state index in [1.54, 1.807) is 11.4 Å². The van der Waals surface area contributed by atoms with Crippen LogP contribution < -0.4 is 0 Å². The Labute approximate surface area is 145 Å². The van der Waals surface area contributed by atoms with E-state index in [2.05, 4.69) is 4.98 Å². The van der Waals surface area contributed by atoms with E-state index in [1.165, 1.54) is 34.7 Å². The summed E-state index contributed by atoms with van der Waals surface area (Å²) < 4.78 is 5.85. The van der Waals surface area contributed by atoms with Gasteiger partial charge in [0.2, 0.25) is 0 Å². The minimum absolute atomic E-state index is 0.248. The topological polar surface area (TPSA) is 79.7 Å². The van der Waals surface area contributed by atoms with Crippen molar-refractivity contribution in [2.45, 2.75) is 18.6 Å². The van der Waals surface area contributed by atoms with Crippen LogP contribution in [0, 0.1) is 0 Å². The van der Waals surface area contributed by atoms with Crippen molar-refractivity contribution in [2.75, 3.05) is 13.7 Å². The van der Waals surface area contributed by atoms with Crippen LogP contribution in [-0.2, 0) is 9.53 Å². The summed E-state index contributed by atoms with van der Waals surface area (Å²) in [5.74, 6) is -1.42. The standard InChI is InChI=1S/C14H13ClN2O4S2/c1-21-7-4-9(14(19)20)17(5-7)13(18)8-6-22-12(16-8)10-2-3-11(15)23-10/h2-3,6-7,9H,4-5H2,1H3,(H,19,20). The quantitative estimate of drug-likeness (QED) is 0.892. The minimum atomic E-state index is -1.03. The van der Waals surface area contributed by atoms with Crippen LogP contribution in [0.15, 0.2) is 17.5 Å². The van der Waals surface area contributed by atoms with E-state index >= 15 is 0 Å². The molecular formula is C14H13ClN2O4S2. The Bertz CT molecular complexity index is 745. The molecule has 6 nitrogen and oxygen atoms in total. The van der Waals surface area contributed by atoms with Crippen molar-refractivity contribution < 1.29 is 19.4 Å². The Morgan fingerprint density at radius 1 is 1.48 bits per heavy atom. The molecule has 0 spiro atoms. The van der Waals surface area contributed by atoms with E-state index in [0.717, 1.165) is 4.88 Å². The van der Waals surface area contributed by atoms with E-state index in [1.807, 2.05) is 6.07 Å². The molecule has 0 radical (unpaired) electrons. The van der Waals surface area contributed by atoms with Gasteiger partial charge in [0.1, 0.15) is 16.7 Å². The van der Waals surface area contributed by atoms with E-state index in [-0.39, 0.29) is 30.7 Å². The number of carbonyl (C=O) groups is 2. The third-order valence-corrected chi connectivity index (χ3v) is 5.89. The molecule has 1 aliphatic rings. The van der Waals surface area contributed by atoms with Crippen LogP contribution in [0.25, 0.3) is 9.88 Å². The molecule has 1 aliphatic heterocycles. The maximum atomic E-state index is 12.6. The van der Waals surface area contributed by atoms with E-state index in [0.29, 0.717) is 9.34 Å². The third kappa shape index (κ3) is 3.25. The van der Waals surface area contributed by atoms with Crippen molar-refractivity contribution in [3.05, 3.63) is 27.5 Å². The molecule has 1 saturated heterocycles. The maximum Gasteiger partial charge on any atom is 0.326 e. The van der Waals surface area contributed by atoms with Gasteiger partial charge in [-0.25, -0.2) is 9.78 Å². The van der Waals surface area contributed by atoms with Crippen LogP contribution in [0.3, 0.4) is 0 Å². The van der Waals surface area contributed by atoms with Crippen molar-refractivity contribution in [1.82, 2.24) is 9.88 Å². The fourth-order valence-electron chi connectivity index (χ4n) is 2.49. The van der Waals surface area contributed by atoms with Gasteiger partial charge in [-0.05, 0) is 12.1 Å². The monoisotopic (exact) mass is 372 g/mol. The number of rotatable bonds is 4. The Morgan fingerprint density at radius 2 is 2.26 bits per heavy atom. The average Bonchev–Trinajstić information content (AvgIpc) is 3.24. The van der Waals surface area contributed by atoms with Gasteiger partial charge in [0.05, 0.1) is 15.3 Å². The molecule has 2 aromatic rings. The third-order valence-electron chi connectivity index (χ3n) is 3.65. The number of aliphatic carboxylic acids is 1. The number of hydrogen-bond donors (Lipinski definition) is 1. The highest BCUT2D eigenvalue weighted by Crippen LogP contribution is 2.33. The van der Waals surface area contributed by atoms with Gasteiger partial charge in [-0.15, -0.1) is 22.7 Å². The largest absolute Gasteiger partial charge is 0.480 e. The molecule has 3 rings (SSSR count). The lowest BCUT2D eigenvalue weighted by atomic mass is 10.2. The Hall–Kier alpha value is -1.48. The molecule has 2 aromatic heterocycles. The number of carboxylic acid groups (broad SMARTS) is 1. The molecule has 0 saturated carbocycles. The zero-order valence-electron chi connectivity index (χ0n) is 12.1. The molecule has 1 amide bonds. The number of ether oxygens (including phenoxy) is 1. The summed E-state index contributed by atoms with van der Waals surface area (Å²) in [5, 5.41) is 11.6. The molecule has 9 heteroatoms. The summed E-state index contributed by atoms with van der Waals surface area (Å²) in [7, 11) is 1.51. The van der Waals surface area contributed by atoms with Gasteiger partial charge >= 0.3 is 5.97 Å². The van der Waals surface area contributed by atoms with Gasteiger partial charge in [-0.3, -0.25) is 4.79 Å². The SMILES string of the molecule is COC1CC(C(=O)O)N(C(=O)c2csc(-c3ccc(Cl)s3)n2)C1. The van der Waals surface area contributed by atoms with Crippen molar-refractivity contribution in [3.63, 3.8) is 0 Å². The number of thiophene rings is 1. The Kier molecular flexibility index (Phi) is 4.67. The first kappa shape index (κ1) is 16.4. The number of likely N-dealkylation sites (tertiary alicyclic amines) is 1. The average molecular weight is 373 g/mol. The lowest BCUT2D eigenvalue weighted by molar-refractivity contribution is -0.141. The van der Waals surface area contributed by atoms with Crippen molar-refractivity contribution >= 4 is 46.2 Å². The van der Waals surface area contributed by atoms with Gasteiger partial charge in [-0.2, -0.15) is 0 Å². The molecular weight excluding hydrogens is 360 g/mol. The Morgan fingerprint density at radius 3 is 2.87 bits per heavy atom. The lowest BCUT2D eigenvalue weighted by Gasteiger charge is -2.19. The first-order valence-corrected chi connectivity index (χ1v) is 8.85. The van der Waals surface area contributed by atoms with Crippen LogP contribution in [0.4, 0.5) is 0 Å². The summed E-state index contributed by atoms with van der Waals surface area (Å²) in [4.78, 5) is 30.5. The fraction of sp³-hybridized carbons (Fsp3) is 0.357. The number of halogens is 1. The summed E-state index contributed by atoms with van der Waals surface area (Å²) >= 11 is 8.63. The highest BCUT2D eigenvalue weighted by molar-refractivity contribution is 7.23. The predicted molar refractivity (Wildman–Crippen MR) is 88.3 cm³/mol. The van der Waals surface area contributed by atoms with Gasteiger partial charge in [0, 0.05) is 25.5 Å². The summed E-state index contributed by atoms with van der Waals surface area (Å²) in [6.07, 6.45) is 0.0176. The second-order valence-electron chi connectivity index (χ2n) is 5.05. The summed E-state index contributed by atoms with van der Waals surface area (Å²) in [6.45, 7) is 0.254. The molecule has 0 aliphatic carbocycles. The second-order valence-corrected chi connectivity index (χ2v) is 7.62. The molecule has 23 heavy (non-hydrogen) atoms. The number of methoxy groups -OCH3 is 1. The second kappa shape index (κ2) is 6.56. The predicted octanol–water partition coefficient (Wildman–Crippen LogP) is 2.84. The van der Waals surface area contributed by atoms with Crippen molar-refractivity contribution in [2.24, 2.45) is 0 Å². The zero-order chi connectivity index (χ0) is 16.6. The zero-order valence-corrected chi connectivity index (χ0v) is 14.5. The van der Waals surface area contributed by atoms with Gasteiger partial charge in [0.15, 0.2) is 0 Å². The van der Waals surface area contributed by atoms with Crippen molar-refractivity contribution in [3.8, 4) is 9.88 Å².